The molecule has 0 bridgehead atoms. The molecule has 0 radical (unpaired) electrons. The Kier molecular flexibility index (Phi) is 7.15. The molecule has 0 unspecified atom stereocenters. The summed E-state index contributed by atoms with van der Waals surface area (Å²) in [7, 11) is 1.36. The minimum Gasteiger partial charge on any atom is -0.489 e. The van der Waals surface area contributed by atoms with Gasteiger partial charge in [0.2, 0.25) is 0 Å². The van der Waals surface area contributed by atoms with Crippen LogP contribution in [-0.4, -0.2) is 18.9 Å². The van der Waals surface area contributed by atoms with Gasteiger partial charge in [0.1, 0.15) is 12.4 Å². The van der Waals surface area contributed by atoms with Crippen molar-refractivity contribution in [2.24, 2.45) is 0 Å². The Balaban J connectivity index is 1.46. The molecule has 0 amide bonds. The highest BCUT2D eigenvalue weighted by molar-refractivity contribution is 6.30. The van der Waals surface area contributed by atoms with Crippen molar-refractivity contribution >= 4 is 23.4 Å². The number of dihydropyridines is 1. The first-order chi connectivity index (χ1) is 17.9. The van der Waals surface area contributed by atoms with Crippen LogP contribution < -0.4 is 10.1 Å². The monoisotopic (exact) mass is 513 g/mol. The van der Waals surface area contributed by atoms with Crippen LogP contribution >= 0.6 is 11.6 Å². The highest BCUT2D eigenvalue weighted by Crippen LogP contribution is 2.46. The summed E-state index contributed by atoms with van der Waals surface area (Å²) in [6.45, 7) is 2.32. The molecule has 1 N–H and O–H groups in total. The lowest BCUT2D eigenvalue weighted by Gasteiger charge is -2.36. The summed E-state index contributed by atoms with van der Waals surface area (Å²) in [4.78, 5) is 26.5. The van der Waals surface area contributed by atoms with Gasteiger partial charge in [0.05, 0.1) is 12.7 Å². The van der Waals surface area contributed by atoms with Gasteiger partial charge < -0.3 is 14.8 Å². The molecule has 1 heterocycles. The minimum atomic E-state index is -0.509. The average molecular weight is 514 g/mol. The maximum Gasteiger partial charge on any atom is 0.336 e. The summed E-state index contributed by atoms with van der Waals surface area (Å²) < 4.78 is 11.1. The Morgan fingerprint density at radius 2 is 1.62 bits per heavy atom. The minimum absolute atomic E-state index is 0.0250. The normalized spacial score (nSPS) is 19.3. The first-order valence-corrected chi connectivity index (χ1v) is 12.7. The summed E-state index contributed by atoms with van der Waals surface area (Å²) in [5.74, 6) is -0.173. The van der Waals surface area contributed by atoms with Gasteiger partial charge in [-0.15, -0.1) is 0 Å². The predicted molar refractivity (Wildman–Crippen MR) is 143 cm³/mol. The molecule has 1 aliphatic heterocycles. The molecular formula is C31H28ClNO4. The average Bonchev–Trinajstić information content (AvgIpc) is 2.92. The maximum atomic E-state index is 13.6. The van der Waals surface area contributed by atoms with E-state index in [1.165, 1.54) is 7.11 Å². The summed E-state index contributed by atoms with van der Waals surface area (Å²) in [6, 6.07) is 25.2. The van der Waals surface area contributed by atoms with Crippen molar-refractivity contribution in [2.45, 2.75) is 38.2 Å². The molecule has 3 aromatic rings. The zero-order chi connectivity index (χ0) is 25.9. The van der Waals surface area contributed by atoms with Gasteiger partial charge in [-0.25, -0.2) is 4.79 Å². The molecule has 2 aliphatic rings. The van der Waals surface area contributed by atoms with Gasteiger partial charge in [-0.1, -0.05) is 66.2 Å². The van der Waals surface area contributed by atoms with Crippen LogP contribution in [0.5, 0.6) is 5.75 Å². The molecule has 0 aromatic heterocycles. The molecule has 37 heavy (non-hydrogen) atoms. The number of hydrogen-bond acceptors (Lipinski definition) is 5. The van der Waals surface area contributed by atoms with E-state index in [0.717, 1.165) is 22.4 Å². The second kappa shape index (κ2) is 10.7. The van der Waals surface area contributed by atoms with Crippen LogP contribution in [0, 0.1) is 0 Å². The summed E-state index contributed by atoms with van der Waals surface area (Å²) in [5.41, 5.74) is 5.64. The molecule has 5 rings (SSSR count). The zero-order valence-corrected chi connectivity index (χ0v) is 21.5. The number of Topliss-reactive ketones (excluding diaryl/α,β-unsaturated/α-hetero) is 1. The van der Waals surface area contributed by atoms with Crippen molar-refractivity contribution < 1.29 is 19.1 Å². The number of allylic oxidation sites excluding steroid dienone is 3. The van der Waals surface area contributed by atoms with Gasteiger partial charge in [-0.2, -0.15) is 0 Å². The summed E-state index contributed by atoms with van der Waals surface area (Å²) in [5, 5.41) is 4.03. The van der Waals surface area contributed by atoms with E-state index in [2.05, 4.69) is 5.32 Å². The number of hydrogen-bond donors (Lipinski definition) is 1. The van der Waals surface area contributed by atoms with Gasteiger partial charge in [-0.3, -0.25) is 4.79 Å². The molecule has 188 valence electrons. The highest BCUT2D eigenvalue weighted by atomic mass is 35.5. The van der Waals surface area contributed by atoms with Crippen LogP contribution in [0.4, 0.5) is 0 Å². The highest BCUT2D eigenvalue weighted by Gasteiger charge is 2.41. The van der Waals surface area contributed by atoms with E-state index in [-0.39, 0.29) is 11.7 Å². The number of methoxy groups -OCH3 is 1. The van der Waals surface area contributed by atoms with Gasteiger partial charge >= 0.3 is 5.97 Å². The third-order valence-electron chi connectivity index (χ3n) is 7.04. The van der Waals surface area contributed by atoms with Crippen molar-refractivity contribution in [3.8, 4) is 5.75 Å². The van der Waals surface area contributed by atoms with E-state index >= 15 is 0 Å². The fourth-order valence-corrected chi connectivity index (χ4v) is 5.35. The SMILES string of the molecule is COC(=O)C1=C(C)NC2=C(C(=O)C[C@@H](c3ccc(Cl)cc3)C2)[C@@H]1c1ccc(OCc2ccccc2)cc1. The number of esters is 1. The Morgan fingerprint density at radius 3 is 2.30 bits per heavy atom. The number of ketones is 1. The largest absolute Gasteiger partial charge is 0.489 e. The van der Waals surface area contributed by atoms with Gasteiger partial charge in [0, 0.05) is 34.3 Å². The number of halogens is 1. The van der Waals surface area contributed by atoms with E-state index in [9.17, 15) is 9.59 Å². The van der Waals surface area contributed by atoms with E-state index < -0.39 is 11.9 Å². The fraction of sp³-hybridized carbons (Fsp3) is 0.226. The molecule has 3 aromatic carbocycles. The Hall–Kier alpha value is -3.83. The summed E-state index contributed by atoms with van der Waals surface area (Å²) in [6.07, 6.45) is 1.04. The van der Waals surface area contributed by atoms with Crippen molar-refractivity contribution in [2.75, 3.05) is 7.11 Å². The molecule has 1 aliphatic carbocycles. The first kappa shape index (κ1) is 24.8. The third kappa shape index (κ3) is 5.18. The number of carbonyl (C=O) groups excluding carboxylic acids is 2. The first-order valence-electron chi connectivity index (χ1n) is 12.3. The molecule has 0 spiro atoms. The molecule has 6 heteroatoms. The van der Waals surface area contributed by atoms with Crippen LogP contribution in [0.1, 0.15) is 48.3 Å². The second-order valence-electron chi connectivity index (χ2n) is 9.40. The molecule has 0 fully saturated rings. The Bertz CT molecular complexity index is 1370. The second-order valence-corrected chi connectivity index (χ2v) is 9.84. The van der Waals surface area contributed by atoms with Gasteiger partial charge in [-0.05, 0) is 60.2 Å². The lowest BCUT2D eigenvalue weighted by molar-refractivity contribution is -0.136. The zero-order valence-electron chi connectivity index (χ0n) is 20.8. The van der Waals surface area contributed by atoms with Crippen molar-refractivity contribution in [3.05, 3.63) is 123 Å². The van der Waals surface area contributed by atoms with Gasteiger partial charge in [0.15, 0.2) is 5.78 Å². The van der Waals surface area contributed by atoms with E-state index in [4.69, 9.17) is 21.1 Å². The number of ether oxygens (including phenoxy) is 2. The topological polar surface area (TPSA) is 64.6 Å². The smallest absolute Gasteiger partial charge is 0.336 e. The number of carbonyl (C=O) groups is 2. The molecule has 5 nitrogen and oxygen atoms in total. The van der Waals surface area contributed by atoms with Gasteiger partial charge in [0.25, 0.3) is 0 Å². The number of nitrogens with one attached hydrogen (secondary N) is 1. The lowest BCUT2D eigenvalue weighted by Crippen LogP contribution is -2.36. The summed E-state index contributed by atoms with van der Waals surface area (Å²) >= 11 is 6.07. The Labute approximate surface area is 221 Å². The number of rotatable bonds is 6. The van der Waals surface area contributed by atoms with Crippen LogP contribution in [-0.2, 0) is 20.9 Å². The van der Waals surface area contributed by atoms with Crippen LogP contribution in [0.25, 0.3) is 0 Å². The molecule has 2 atom stereocenters. The van der Waals surface area contributed by atoms with Crippen molar-refractivity contribution in [1.29, 1.82) is 0 Å². The third-order valence-corrected chi connectivity index (χ3v) is 7.29. The number of benzene rings is 3. The standard InChI is InChI=1S/C31H28ClNO4/c1-19-28(31(35)36-2)29(22-10-14-25(15-11-22)37-18-20-6-4-3-5-7-20)30-26(33-19)16-23(17-27(30)34)21-8-12-24(32)13-9-21/h3-15,23,29,33H,16-18H2,1-2H3/t23-,29+/m0/s1. The molecule has 0 saturated carbocycles. The van der Waals surface area contributed by atoms with Crippen LogP contribution in [0.15, 0.2) is 101 Å². The molecular weight excluding hydrogens is 486 g/mol. The fourth-order valence-electron chi connectivity index (χ4n) is 5.22. The lowest BCUT2D eigenvalue weighted by atomic mass is 9.72. The van der Waals surface area contributed by atoms with E-state index in [1.54, 1.807) is 0 Å². The van der Waals surface area contributed by atoms with Crippen molar-refractivity contribution in [3.63, 3.8) is 0 Å². The van der Waals surface area contributed by atoms with Crippen LogP contribution in [0.3, 0.4) is 0 Å². The molecule has 0 saturated heterocycles. The maximum absolute atomic E-state index is 13.6. The quantitative estimate of drug-likeness (QED) is 0.383. The Morgan fingerprint density at radius 1 is 0.946 bits per heavy atom. The van der Waals surface area contributed by atoms with Crippen molar-refractivity contribution in [1.82, 2.24) is 5.32 Å². The van der Waals surface area contributed by atoms with Crippen LogP contribution in [0.2, 0.25) is 5.02 Å². The predicted octanol–water partition coefficient (Wildman–Crippen LogP) is 6.45. The van der Waals surface area contributed by atoms with E-state index in [0.29, 0.717) is 47.1 Å². The van der Waals surface area contributed by atoms with E-state index in [1.807, 2.05) is 85.8 Å².